The minimum atomic E-state index is 0.657. The SMILES string of the molecule is C1=CSC2=C(C3CN4CCC3CC4)c3ccccc3OC2=C1. The Balaban J connectivity index is 1.68. The second-order valence-electron chi connectivity index (χ2n) is 6.56. The highest BCUT2D eigenvalue weighted by Gasteiger charge is 2.40. The van der Waals surface area contributed by atoms with Crippen molar-refractivity contribution in [3.05, 3.63) is 58.1 Å². The van der Waals surface area contributed by atoms with Crippen LogP contribution in [0.5, 0.6) is 5.75 Å². The molecule has 5 heterocycles. The van der Waals surface area contributed by atoms with Gasteiger partial charge < -0.3 is 9.64 Å². The van der Waals surface area contributed by atoms with Gasteiger partial charge >= 0.3 is 0 Å². The van der Waals surface area contributed by atoms with Gasteiger partial charge in [-0.1, -0.05) is 36.0 Å². The predicted molar refractivity (Wildman–Crippen MR) is 91.5 cm³/mol. The van der Waals surface area contributed by atoms with Crippen molar-refractivity contribution < 1.29 is 4.74 Å². The van der Waals surface area contributed by atoms with Crippen molar-refractivity contribution in [3.63, 3.8) is 0 Å². The lowest BCUT2D eigenvalue weighted by molar-refractivity contribution is 0.0776. The highest BCUT2D eigenvalue weighted by Crippen LogP contribution is 2.51. The maximum atomic E-state index is 6.15. The summed E-state index contributed by atoms with van der Waals surface area (Å²) < 4.78 is 6.15. The van der Waals surface area contributed by atoms with Crippen molar-refractivity contribution in [1.29, 1.82) is 0 Å². The Bertz CT molecular complexity index is 710. The zero-order chi connectivity index (χ0) is 14.5. The van der Waals surface area contributed by atoms with E-state index < -0.39 is 0 Å². The molecule has 5 aliphatic rings. The summed E-state index contributed by atoms with van der Waals surface area (Å²) in [6, 6.07) is 8.56. The number of benzene rings is 1. The molecule has 1 unspecified atom stereocenters. The van der Waals surface area contributed by atoms with Crippen molar-refractivity contribution >= 4 is 17.3 Å². The fourth-order valence-corrected chi connectivity index (χ4v) is 5.23. The molecule has 1 atom stereocenters. The number of nitrogens with zero attached hydrogens (tertiary/aromatic N) is 1. The molecule has 0 spiro atoms. The van der Waals surface area contributed by atoms with Gasteiger partial charge in [0, 0.05) is 18.0 Å². The molecule has 3 heteroatoms. The van der Waals surface area contributed by atoms with Gasteiger partial charge in [-0.2, -0.15) is 0 Å². The minimum absolute atomic E-state index is 0.657. The molecule has 112 valence electrons. The first-order valence-electron chi connectivity index (χ1n) is 8.18. The highest BCUT2D eigenvalue weighted by atomic mass is 32.2. The number of thioether (sulfide) groups is 1. The van der Waals surface area contributed by atoms with Crippen molar-refractivity contribution in [2.45, 2.75) is 12.8 Å². The van der Waals surface area contributed by atoms with E-state index in [4.69, 9.17) is 4.74 Å². The van der Waals surface area contributed by atoms with Crippen LogP contribution >= 0.6 is 11.8 Å². The second-order valence-corrected chi connectivity index (χ2v) is 7.48. The molecular formula is C19H19NOS. The standard InChI is InChI=1S/C19H19NOS/c1-2-5-16-14(4-1)18(19-17(21-16)6-3-11-22-19)15-12-20-9-7-13(15)8-10-20/h1-6,11,13,15H,7-10,12H2. The van der Waals surface area contributed by atoms with Gasteiger partial charge in [0.1, 0.15) is 11.5 Å². The van der Waals surface area contributed by atoms with E-state index in [9.17, 15) is 0 Å². The normalized spacial score (nSPS) is 32.2. The Morgan fingerprint density at radius 1 is 1.14 bits per heavy atom. The van der Waals surface area contributed by atoms with Gasteiger partial charge in [0.2, 0.25) is 0 Å². The molecule has 3 saturated heterocycles. The Kier molecular flexibility index (Phi) is 2.98. The van der Waals surface area contributed by atoms with Crippen LogP contribution in [0, 0.1) is 11.8 Å². The summed E-state index contributed by atoms with van der Waals surface area (Å²) in [6.45, 7) is 3.80. The van der Waals surface area contributed by atoms with Gasteiger partial charge in [0.25, 0.3) is 0 Å². The van der Waals surface area contributed by atoms with Crippen LogP contribution in [0.4, 0.5) is 0 Å². The average molecular weight is 309 g/mol. The van der Waals surface area contributed by atoms with Crippen LogP contribution in [0.1, 0.15) is 18.4 Å². The van der Waals surface area contributed by atoms with E-state index in [1.54, 1.807) is 0 Å². The molecule has 0 N–H and O–H groups in total. The van der Waals surface area contributed by atoms with Crippen LogP contribution in [0.15, 0.2) is 52.5 Å². The Hall–Kier alpha value is -1.45. The Morgan fingerprint density at radius 2 is 2.00 bits per heavy atom. The number of hydrogen-bond donors (Lipinski definition) is 0. The smallest absolute Gasteiger partial charge is 0.141 e. The lowest BCUT2D eigenvalue weighted by Gasteiger charge is -2.47. The Morgan fingerprint density at radius 3 is 2.82 bits per heavy atom. The summed E-state index contributed by atoms with van der Waals surface area (Å²) in [4.78, 5) is 3.99. The van der Waals surface area contributed by atoms with Gasteiger partial charge in [-0.3, -0.25) is 0 Å². The van der Waals surface area contributed by atoms with E-state index in [-0.39, 0.29) is 0 Å². The molecule has 22 heavy (non-hydrogen) atoms. The number of hydrogen-bond acceptors (Lipinski definition) is 3. The first-order valence-corrected chi connectivity index (χ1v) is 9.06. The molecule has 2 nitrogen and oxygen atoms in total. The number of allylic oxidation sites excluding steroid dienone is 2. The summed E-state index contributed by atoms with van der Waals surface area (Å²) in [6.07, 6.45) is 6.91. The first-order chi connectivity index (χ1) is 10.9. The van der Waals surface area contributed by atoms with Gasteiger partial charge in [-0.15, -0.1) is 0 Å². The lowest BCUT2D eigenvalue weighted by atomic mass is 9.72. The number of rotatable bonds is 1. The third-order valence-electron chi connectivity index (χ3n) is 5.40. The monoisotopic (exact) mass is 309 g/mol. The largest absolute Gasteiger partial charge is 0.456 e. The second kappa shape index (κ2) is 5.04. The molecule has 0 saturated carbocycles. The first kappa shape index (κ1) is 13.0. The fraction of sp³-hybridized carbons (Fsp3) is 0.368. The van der Waals surface area contributed by atoms with E-state index >= 15 is 0 Å². The molecule has 0 aliphatic carbocycles. The van der Waals surface area contributed by atoms with Crippen molar-refractivity contribution in [2.75, 3.05) is 19.6 Å². The van der Waals surface area contributed by atoms with Crippen LogP contribution in [-0.2, 0) is 0 Å². The number of para-hydroxylation sites is 1. The molecule has 1 aromatic carbocycles. The van der Waals surface area contributed by atoms with E-state index in [0.29, 0.717) is 5.92 Å². The molecule has 5 aliphatic heterocycles. The van der Waals surface area contributed by atoms with E-state index in [0.717, 1.165) is 17.4 Å². The van der Waals surface area contributed by atoms with Gasteiger partial charge in [0.15, 0.2) is 0 Å². The lowest BCUT2D eigenvalue weighted by Crippen LogP contribution is -2.48. The van der Waals surface area contributed by atoms with Gasteiger partial charge in [-0.25, -0.2) is 0 Å². The van der Waals surface area contributed by atoms with Crippen LogP contribution < -0.4 is 4.74 Å². The van der Waals surface area contributed by atoms with Crippen LogP contribution in [0.3, 0.4) is 0 Å². The third kappa shape index (κ3) is 1.92. The fourth-order valence-electron chi connectivity index (χ4n) is 4.32. The quantitative estimate of drug-likeness (QED) is 0.768. The molecule has 6 rings (SSSR count). The van der Waals surface area contributed by atoms with E-state index in [1.807, 2.05) is 11.8 Å². The van der Waals surface area contributed by atoms with Gasteiger partial charge in [0.05, 0.1) is 4.91 Å². The molecule has 0 amide bonds. The molecule has 2 bridgehead atoms. The maximum absolute atomic E-state index is 6.15. The van der Waals surface area contributed by atoms with Gasteiger partial charge in [-0.05, 0) is 55.0 Å². The Labute approximate surface area is 135 Å². The summed E-state index contributed by atoms with van der Waals surface area (Å²) in [7, 11) is 0. The summed E-state index contributed by atoms with van der Waals surface area (Å²) in [5.41, 5.74) is 2.85. The van der Waals surface area contributed by atoms with Crippen LogP contribution in [-0.4, -0.2) is 24.5 Å². The van der Waals surface area contributed by atoms with Crippen molar-refractivity contribution in [3.8, 4) is 5.75 Å². The number of ether oxygens (including phenoxy) is 1. The summed E-state index contributed by atoms with van der Waals surface area (Å²) >= 11 is 1.83. The third-order valence-corrected chi connectivity index (χ3v) is 6.35. The summed E-state index contributed by atoms with van der Waals surface area (Å²) in [5, 5.41) is 2.18. The number of piperidine rings is 3. The molecule has 1 aromatic rings. The summed E-state index contributed by atoms with van der Waals surface area (Å²) in [5.74, 6) is 3.56. The van der Waals surface area contributed by atoms with E-state index in [2.05, 4.69) is 46.7 Å². The molecule has 3 fully saturated rings. The highest BCUT2D eigenvalue weighted by molar-refractivity contribution is 8.06. The average Bonchev–Trinajstić information content (AvgIpc) is 2.60. The van der Waals surface area contributed by atoms with E-state index in [1.165, 1.54) is 48.5 Å². The number of fused-ring (bicyclic) bond motifs is 5. The molecular weight excluding hydrogens is 290 g/mol. The minimum Gasteiger partial charge on any atom is -0.456 e. The zero-order valence-corrected chi connectivity index (χ0v) is 13.3. The predicted octanol–water partition coefficient (Wildman–Crippen LogP) is 4.28. The van der Waals surface area contributed by atoms with Crippen LogP contribution in [0.25, 0.3) is 5.57 Å². The van der Waals surface area contributed by atoms with Crippen molar-refractivity contribution in [2.24, 2.45) is 11.8 Å². The topological polar surface area (TPSA) is 12.5 Å². The van der Waals surface area contributed by atoms with Crippen LogP contribution in [0.2, 0.25) is 0 Å². The van der Waals surface area contributed by atoms with Crippen molar-refractivity contribution in [1.82, 2.24) is 4.90 Å². The molecule has 0 radical (unpaired) electrons. The maximum Gasteiger partial charge on any atom is 0.141 e. The molecule has 0 aromatic heterocycles. The zero-order valence-electron chi connectivity index (χ0n) is 12.5.